The maximum atomic E-state index is 4.58. The van der Waals surface area contributed by atoms with Gasteiger partial charge in [-0.1, -0.05) is 13.8 Å². The largest absolute Gasteiger partial charge is 0.356 e. The van der Waals surface area contributed by atoms with E-state index in [0.717, 1.165) is 44.9 Å². The minimum atomic E-state index is 0.812. The van der Waals surface area contributed by atoms with Crippen molar-refractivity contribution in [2.75, 3.05) is 13.1 Å². The Kier molecular flexibility index (Phi) is 4.23. The summed E-state index contributed by atoms with van der Waals surface area (Å²) in [4.78, 5) is 4.43. The molecule has 0 spiro atoms. The number of aryl methyl sites for hydroxylation is 2. The lowest BCUT2D eigenvalue weighted by atomic mass is 10.1. The molecular weight excluding hydrogens is 226 g/mol. The van der Waals surface area contributed by atoms with Crippen LogP contribution in [0.25, 0.3) is 0 Å². The molecule has 0 amide bonds. The Morgan fingerprint density at radius 1 is 1.33 bits per heavy atom. The fourth-order valence-electron chi connectivity index (χ4n) is 2.42. The molecule has 0 saturated carbocycles. The summed E-state index contributed by atoms with van der Waals surface area (Å²) in [5.74, 6) is 0.925. The van der Waals surface area contributed by atoms with Crippen molar-refractivity contribution < 1.29 is 0 Å². The SMILES string of the molecule is CCc1nn(C)c(CC)c1CNC1=NCCCN1. The molecule has 5 heteroatoms. The smallest absolute Gasteiger partial charge is 0.191 e. The van der Waals surface area contributed by atoms with Crippen molar-refractivity contribution in [3.63, 3.8) is 0 Å². The number of aromatic nitrogens is 2. The number of nitrogens with zero attached hydrogens (tertiary/aromatic N) is 3. The topological polar surface area (TPSA) is 54.2 Å². The van der Waals surface area contributed by atoms with Crippen LogP contribution in [0.5, 0.6) is 0 Å². The number of hydrogen-bond acceptors (Lipinski definition) is 4. The van der Waals surface area contributed by atoms with E-state index in [-0.39, 0.29) is 0 Å². The highest BCUT2D eigenvalue weighted by molar-refractivity contribution is 5.80. The first-order valence-electron chi connectivity index (χ1n) is 6.82. The zero-order valence-electron chi connectivity index (χ0n) is 11.6. The van der Waals surface area contributed by atoms with Crippen molar-refractivity contribution in [2.24, 2.45) is 12.0 Å². The van der Waals surface area contributed by atoms with Gasteiger partial charge >= 0.3 is 0 Å². The van der Waals surface area contributed by atoms with E-state index in [1.807, 2.05) is 11.7 Å². The van der Waals surface area contributed by atoms with E-state index < -0.39 is 0 Å². The van der Waals surface area contributed by atoms with Crippen LogP contribution in [0, 0.1) is 0 Å². The Labute approximate surface area is 109 Å². The summed E-state index contributed by atoms with van der Waals surface area (Å²) in [5, 5.41) is 11.2. The minimum Gasteiger partial charge on any atom is -0.356 e. The van der Waals surface area contributed by atoms with Crippen LogP contribution in [-0.4, -0.2) is 28.8 Å². The molecule has 0 atom stereocenters. The second kappa shape index (κ2) is 5.89. The predicted octanol–water partition coefficient (Wildman–Crippen LogP) is 0.984. The lowest BCUT2D eigenvalue weighted by molar-refractivity contribution is 0.693. The molecule has 0 unspecified atom stereocenters. The Balaban J connectivity index is 2.09. The average Bonchev–Trinajstić information content (AvgIpc) is 2.73. The summed E-state index contributed by atoms with van der Waals surface area (Å²) in [5.41, 5.74) is 3.84. The van der Waals surface area contributed by atoms with Crippen LogP contribution in [0.4, 0.5) is 0 Å². The highest BCUT2D eigenvalue weighted by atomic mass is 15.3. The van der Waals surface area contributed by atoms with Gasteiger partial charge in [0.15, 0.2) is 5.96 Å². The number of rotatable bonds is 4. The van der Waals surface area contributed by atoms with Gasteiger partial charge in [-0.05, 0) is 19.3 Å². The zero-order chi connectivity index (χ0) is 13.0. The van der Waals surface area contributed by atoms with Gasteiger partial charge < -0.3 is 10.6 Å². The van der Waals surface area contributed by atoms with E-state index in [1.165, 1.54) is 17.0 Å². The lowest BCUT2D eigenvalue weighted by Gasteiger charge is -2.16. The van der Waals surface area contributed by atoms with Gasteiger partial charge in [0, 0.05) is 37.9 Å². The molecule has 1 aliphatic rings. The molecule has 5 nitrogen and oxygen atoms in total. The second-order valence-electron chi connectivity index (χ2n) is 4.57. The highest BCUT2D eigenvalue weighted by Crippen LogP contribution is 2.15. The van der Waals surface area contributed by atoms with Crippen molar-refractivity contribution in [1.29, 1.82) is 0 Å². The summed E-state index contributed by atoms with van der Waals surface area (Å²) in [6, 6.07) is 0. The highest BCUT2D eigenvalue weighted by Gasteiger charge is 2.14. The molecule has 0 radical (unpaired) electrons. The monoisotopic (exact) mass is 249 g/mol. The van der Waals surface area contributed by atoms with E-state index in [9.17, 15) is 0 Å². The maximum Gasteiger partial charge on any atom is 0.191 e. The summed E-state index contributed by atoms with van der Waals surface area (Å²) >= 11 is 0. The standard InChI is InChI=1S/C13H23N5/c1-4-11-10(12(5-2)18(3)17-11)9-16-13-14-7-6-8-15-13/h4-9H2,1-3H3,(H2,14,15,16). The van der Waals surface area contributed by atoms with E-state index >= 15 is 0 Å². The Hall–Kier alpha value is -1.52. The van der Waals surface area contributed by atoms with Gasteiger partial charge in [0.1, 0.15) is 0 Å². The van der Waals surface area contributed by atoms with Crippen LogP contribution >= 0.6 is 0 Å². The summed E-state index contributed by atoms with van der Waals surface area (Å²) in [6.07, 6.45) is 3.11. The molecule has 2 N–H and O–H groups in total. The molecule has 1 aromatic heterocycles. The van der Waals surface area contributed by atoms with Crippen molar-refractivity contribution in [3.05, 3.63) is 17.0 Å². The minimum absolute atomic E-state index is 0.812. The summed E-state index contributed by atoms with van der Waals surface area (Å²) < 4.78 is 2.01. The molecule has 1 aromatic rings. The van der Waals surface area contributed by atoms with Gasteiger partial charge in [0.25, 0.3) is 0 Å². The van der Waals surface area contributed by atoms with Gasteiger partial charge in [-0.3, -0.25) is 9.67 Å². The number of aliphatic imine (C=N–C) groups is 1. The molecule has 1 aliphatic heterocycles. The molecule has 0 aliphatic carbocycles. The van der Waals surface area contributed by atoms with E-state index in [0.29, 0.717) is 0 Å². The first kappa shape index (κ1) is 12.9. The number of nitrogens with one attached hydrogen (secondary N) is 2. The van der Waals surface area contributed by atoms with Crippen LogP contribution in [0.15, 0.2) is 4.99 Å². The molecule has 0 fully saturated rings. The van der Waals surface area contributed by atoms with Gasteiger partial charge in [-0.2, -0.15) is 5.10 Å². The van der Waals surface area contributed by atoms with Gasteiger partial charge in [-0.25, -0.2) is 0 Å². The van der Waals surface area contributed by atoms with Crippen molar-refractivity contribution in [3.8, 4) is 0 Å². The van der Waals surface area contributed by atoms with Crippen LogP contribution in [0.3, 0.4) is 0 Å². The molecule has 2 rings (SSSR count). The summed E-state index contributed by atoms with van der Waals surface area (Å²) in [7, 11) is 2.03. The Bertz CT molecular complexity index is 433. The van der Waals surface area contributed by atoms with E-state index in [2.05, 4.69) is 34.6 Å². The molecule has 2 heterocycles. The third-order valence-corrected chi connectivity index (χ3v) is 3.36. The molecule has 0 bridgehead atoms. The molecule has 18 heavy (non-hydrogen) atoms. The molecule has 0 saturated heterocycles. The fraction of sp³-hybridized carbons (Fsp3) is 0.692. The first-order valence-corrected chi connectivity index (χ1v) is 6.82. The summed E-state index contributed by atoms with van der Waals surface area (Å²) in [6.45, 7) is 7.08. The van der Waals surface area contributed by atoms with E-state index in [1.54, 1.807) is 0 Å². The van der Waals surface area contributed by atoms with E-state index in [4.69, 9.17) is 0 Å². The molecule has 100 valence electrons. The molecular formula is C13H23N5. The van der Waals surface area contributed by atoms with Crippen LogP contribution in [0.2, 0.25) is 0 Å². The lowest BCUT2D eigenvalue weighted by Crippen LogP contribution is -2.40. The van der Waals surface area contributed by atoms with Crippen LogP contribution < -0.4 is 10.6 Å². The number of hydrogen-bond donors (Lipinski definition) is 2. The average molecular weight is 249 g/mol. The van der Waals surface area contributed by atoms with Gasteiger partial charge in [0.05, 0.1) is 5.69 Å². The third-order valence-electron chi connectivity index (χ3n) is 3.36. The van der Waals surface area contributed by atoms with Gasteiger partial charge in [-0.15, -0.1) is 0 Å². The van der Waals surface area contributed by atoms with Crippen LogP contribution in [0.1, 0.15) is 37.2 Å². The first-order chi connectivity index (χ1) is 8.76. The quantitative estimate of drug-likeness (QED) is 0.836. The molecule has 0 aromatic carbocycles. The third kappa shape index (κ3) is 2.66. The van der Waals surface area contributed by atoms with Gasteiger partial charge in [0.2, 0.25) is 0 Å². The second-order valence-corrected chi connectivity index (χ2v) is 4.57. The normalized spacial score (nSPS) is 15.2. The Morgan fingerprint density at radius 2 is 2.17 bits per heavy atom. The van der Waals surface area contributed by atoms with Crippen molar-refractivity contribution in [2.45, 2.75) is 39.7 Å². The number of guanidine groups is 1. The zero-order valence-corrected chi connectivity index (χ0v) is 11.6. The van der Waals surface area contributed by atoms with Crippen molar-refractivity contribution in [1.82, 2.24) is 20.4 Å². The predicted molar refractivity (Wildman–Crippen MR) is 73.7 cm³/mol. The van der Waals surface area contributed by atoms with Crippen molar-refractivity contribution >= 4 is 5.96 Å². The Morgan fingerprint density at radius 3 is 2.78 bits per heavy atom. The van der Waals surface area contributed by atoms with Crippen LogP contribution in [-0.2, 0) is 26.4 Å². The maximum absolute atomic E-state index is 4.58. The fourth-order valence-corrected chi connectivity index (χ4v) is 2.42.